The van der Waals surface area contributed by atoms with Crippen molar-refractivity contribution in [1.82, 2.24) is 0 Å². The van der Waals surface area contributed by atoms with Crippen molar-refractivity contribution in [3.05, 3.63) is 0 Å². The summed E-state index contributed by atoms with van der Waals surface area (Å²) in [5.41, 5.74) is 0. The van der Waals surface area contributed by atoms with Crippen LogP contribution in [0.5, 0.6) is 0 Å². The van der Waals surface area contributed by atoms with Crippen LogP contribution in [-0.4, -0.2) is 20.0 Å². The zero-order valence-corrected chi connectivity index (χ0v) is 9.26. The van der Waals surface area contributed by atoms with Gasteiger partial charge in [0.25, 0.3) is 0 Å². The number of ether oxygens (including phenoxy) is 2. The highest BCUT2D eigenvalue weighted by molar-refractivity contribution is 4.82. The standard InChI is InChI=1S/C12H22O2/c1-3-5-6-7-8-9-10-11-14-12-13-4-2/h1H,4-12H2,2H3. The first-order chi connectivity index (χ1) is 6.91. The Hall–Kier alpha value is -0.520. The van der Waals surface area contributed by atoms with E-state index in [1.807, 2.05) is 6.92 Å². The van der Waals surface area contributed by atoms with Crippen molar-refractivity contribution in [3.8, 4) is 12.3 Å². The molecule has 0 aliphatic heterocycles. The van der Waals surface area contributed by atoms with E-state index in [1.54, 1.807) is 0 Å². The molecule has 0 atom stereocenters. The number of rotatable bonds is 10. The van der Waals surface area contributed by atoms with Gasteiger partial charge in [0.2, 0.25) is 0 Å². The van der Waals surface area contributed by atoms with Crippen molar-refractivity contribution < 1.29 is 9.47 Å². The van der Waals surface area contributed by atoms with Crippen molar-refractivity contribution in [1.29, 1.82) is 0 Å². The molecule has 0 rings (SSSR count). The second kappa shape index (κ2) is 12.5. The third-order valence-electron chi connectivity index (χ3n) is 1.98. The van der Waals surface area contributed by atoms with E-state index in [9.17, 15) is 0 Å². The molecule has 0 aromatic rings. The molecule has 0 aromatic carbocycles. The molecule has 2 nitrogen and oxygen atoms in total. The van der Waals surface area contributed by atoms with Crippen LogP contribution in [0.2, 0.25) is 0 Å². The van der Waals surface area contributed by atoms with Crippen LogP contribution >= 0.6 is 0 Å². The van der Waals surface area contributed by atoms with E-state index in [1.165, 1.54) is 19.3 Å². The maximum atomic E-state index is 5.25. The van der Waals surface area contributed by atoms with Crippen molar-refractivity contribution >= 4 is 0 Å². The summed E-state index contributed by atoms with van der Waals surface area (Å²) >= 11 is 0. The van der Waals surface area contributed by atoms with Crippen LogP contribution in [0.3, 0.4) is 0 Å². The summed E-state index contributed by atoms with van der Waals surface area (Å²) in [6, 6.07) is 0. The molecule has 0 amide bonds. The molecule has 82 valence electrons. The maximum Gasteiger partial charge on any atom is 0.146 e. The Morgan fingerprint density at radius 1 is 1.00 bits per heavy atom. The van der Waals surface area contributed by atoms with Gasteiger partial charge in [0.15, 0.2) is 0 Å². The summed E-state index contributed by atoms with van der Waals surface area (Å²) in [7, 11) is 0. The zero-order valence-electron chi connectivity index (χ0n) is 9.26. The molecular weight excluding hydrogens is 176 g/mol. The lowest BCUT2D eigenvalue weighted by molar-refractivity contribution is -0.0502. The average Bonchev–Trinajstić information content (AvgIpc) is 2.21. The van der Waals surface area contributed by atoms with Gasteiger partial charge in [0.05, 0.1) is 0 Å². The normalized spacial score (nSPS) is 10.0. The molecule has 0 aliphatic carbocycles. The Kier molecular flexibility index (Phi) is 12.0. The molecule has 0 spiro atoms. The Bertz CT molecular complexity index is 138. The Morgan fingerprint density at radius 3 is 2.43 bits per heavy atom. The van der Waals surface area contributed by atoms with Crippen LogP contribution in [0.1, 0.15) is 45.4 Å². The fraction of sp³-hybridized carbons (Fsp3) is 0.833. The molecule has 0 radical (unpaired) electrons. The predicted octanol–water partition coefficient (Wildman–Crippen LogP) is 2.97. The SMILES string of the molecule is C#CCCCCCCCOCOCC. The van der Waals surface area contributed by atoms with Crippen LogP contribution in [0.15, 0.2) is 0 Å². The van der Waals surface area contributed by atoms with E-state index in [2.05, 4.69) is 5.92 Å². The van der Waals surface area contributed by atoms with Crippen LogP contribution in [0, 0.1) is 12.3 Å². The first-order valence-corrected chi connectivity index (χ1v) is 5.50. The number of hydrogen-bond acceptors (Lipinski definition) is 2. The van der Waals surface area contributed by atoms with Gasteiger partial charge in [0, 0.05) is 19.6 Å². The Morgan fingerprint density at radius 2 is 1.71 bits per heavy atom. The third kappa shape index (κ3) is 11.5. The fourth-order valence-electron chi connectivity index (χ4n) is 1.16. The smallest absolute Gasteiger partial charge is 0.146 e. The van der Waals surface area contributed by atoms with Gasteiger partial charge in [-0.3, -0.25) is 0 Å². The maximum absolute atomic E-state index is 5.25. The monoisotopic (exact) mass is 198 g/mol. The average molecular weight is 198 g/mol. The van der Waals surface area contributed by atoms with Crippen molar-refractivity contribution in [2.75, 3.05) is 20.0 Å². The van der Waals surface area contributed by atoms with Crippen LogP contribution in [0.4, 0.5) is 0 Å². The van der Waals surface area contributed by atoms with Crippen LogP contribution in [-0.2, 0) is 9.47 Å². The fourth-order valence-corrected chi connectivity index (χ4v) is 1.16. The Balaban J connectivity index is 2.82. The van der Waals surface area contributed by atoms with Gasteiger partial charge in [-0.25, -0.2) is 0 Å². The van der Waals surface area contributed by atoms with E-state index in [4.69, 9.17) is 15.9 Å². The first-order valence-electron chi connectivity index (χ1n) is 5.50. The number of unbranched alkanes of at least 4 members (excludes halogenated alkanes) is 5. The molecule has 0 N–H and O–H groups in total. The second-order valence-corrected chi connectivity index (χ2v) is 3.24. The molecule has 0 heterocycles. The van der Waals surface area contributed by atoms with Crippen molar-refractivity contribution in [2.24, 2.45) is 0 Å². The Labute approximate surface area is 88.0 Å². The van der Waals surface area contributed by atoms with E-state index in [0.29, 0.717) is 6.79 Å². The summed E-state index contributed by atoms with van der Waals surface area (Å²) in [6.07, 6.45) is 12.1. The van der Waals surface area contributed by atoms with E-state index >= 15 is 0 Å². The second-order valence-electron chi connectivity index (χ2n) is 3.24. The van der Waals surface area contributed by atoms with E-state index in [-0.39, 0.29) is 0 Å². The highest BCUT2D eigenvalue weighted by Gasteiger charge is 1.90. The summed E-state index contributed by atoms with van der Waals surface area (Å²) in [5, 5.41) is 0. The lowest BCUT2D eigenvalue weighted by Gasteiger charge is -2.03. The molecule has 2 heteroatoms. The lowest BCUT2D eigenvalue weighted by Crippen LogP contribution is -2.00. The number of hydrogen-bond donors (Lipinski definition) is 0. The molecule has 0 aromatic heterocycles. The minimum absolute atomic E-state index is 0.438. The van der Waals surface area contributed by atoms with Gasteiger partial charge < -0.3 is 9.47 Å². The molecule has 0 aliphatic rings. The van der Waals surface area contributed by atoms with Gasteiger partial charge in [-0.15, -0.1) is 12.3 Å². The molecule has 0 bridgehead atoms. The molecule has 0 fully saturated rings. The largest absolute Gasteiger partial charge is 0.356 e. The summed E-state index contributed by atoms with van der Waals surface area (Å²) in [6.45, 7) is 3.95. The number of terminal acetylenes is 1. The zero-order chi connectivity index (χ0) is 10.5. The van der Waals surface area contributed by atoms with E-state index < -0.39 is 0 Å². The highest BCUT2D eigenvalue weighted by Crippen LogP contribution is 2.04. The minimum Gasteiger partial charge on any atom is -0.356 e. The minimum atomic E-state index is 0.438. The quantitative estimate of drug-likeness (QED) is 0.305. The van der Waals surface area contributed by atoms with E-state index in [0.717, 1.165) is 32.5 Å². The molecule has 0 saturated carbocycles. The summed E-state index contributed by atoms with van der Waals surface area (Å²) < 4.78 is 10.3. The van der Waals surface area contributed by atoms with Crippen LogP contribution in [0.25, 0.3) is 0 Å². The first kappa shape index (κ1) is 13.5. The molecule has 14 heavy (non-hydrogen) atoms. The van der Waals surface area contributed by atoms with Crippen molar-refractivity contribution in [2.45, 2.75) is 45.4 Å². The van der Waals surface area contributed by atoms with Gasteiger partial charge in [-0.1, -0.05) is 19.3 Å². The summed E-state index contributed by atoms with van der Waals surface area (Å²) in [4.78, 5) is 0. The van der Waals surface area contributed by atoms with Gasteiger partial charge in [-0.2, -0.15) is 0 Å². The molecule has 0 saturated heterocycles. The van der Waals surface area contributed by atoms with Crippen molar-refractivity contribution in [3.63, 3.8) is 0 Å². The lowest BCUT2D eigenvalue weighted by atomic mass is 10.1. The molecular formula is C12H22O2. The van der Waals surface area contributed by atoms with Gasteiger partial charge in [0.1, 0.15) is 6.79 Å². The summed E-state index contributed by atoms with van der Waals surface area (Å²) in [5.74, 6) is 2.65. The highest BCUT2D eigenvalue weighted by atomic mass is 16.7. The van der Waals surface area contributed by atoms with Crippen LogP contribution < -0.4 is 0 Å². The predicted molar refractivity (Wildman–Crippen MR) is 59.0 cm³/mol. The van der Waals surface area contributed by atoms with Gasteiger partial charge >= 0.3 is 0 Å². The molecule has 0 unspecified atom stereocenters. The van der Waals surface area contributed by atoms with Gasteiger partial charge in [-0.05, 0) is 19.8 Å². The topological polar surface area (TPSA) is 18.5 Å². The third-order valence-corrected chi connectivity index (χ3v) is 1.98.